The van der Waals surface area contributed by atoms with Crippen LogP contribution in [0.5, 0.6) is 5.75 Å². The number of H-pyrrole nitrogens is 1. The molecule has 0 aromatic carbocycles. The molecule has 0 spiro atoms. The number of hydrogen-bond donors (Lipinski definition) is 1. The molecule has 0 radical (unpaired) electrons. The van der Waals surface area contributed by atoms with Gasteiger partial charge in [0.25, 0.3) is 5.89 Å². The molecule has 6 heterocycles. The number of aromatic amines is 1. The fraction of sp³-hybridized carbons (Fsp3) is 0.190. The summed E-state index contributed by atoms with van der Waals surface area (Å²) in [4.78, 5) is 30.3. The van der Waals surface area contributed by atoms with E-state index in [2.05, 4.69) is 40.0 Å². The van der Waals surface area contributed by atoms with Gasteiger partial charge in [0, 0.05) is 37.3 Å². The van der Waals surface area contributed by atoms with Crippen LogP contribution in [0.4, 0.5) is 13.2 Å². The molecule has 1 amide bonds. The van der Waals surface area contributed by atoms with Crippen molar-refractivity contribution in [1.29, 1.82) is 0 Å². The van der Waals surface area contributed by atoms with Crippen molar-refractivity contribution in [2.45, 2.75) is 18.8 Å². The number of amides is 1. The average Bonchev–Trinajstić information content (AvgIpc) is 3.62. The van der Waals surface area contributed by atoms with Crippen molar-refractivity contribution in [2.75, 3.05) is 6.54 Å². The number of ether oxygens (including phenoxy) is 1. The zero-order valence-corrected chi connectivity index (χ0v) is 18.0. The highest BCUT2D eigenvalue weighted by Gasteiger charge is 2.39. The highest BCUT2D eigenvalue weighted by molar-refractivity contribution is 5.90. The number of pyridine rings is 1. The number of fused-ring (bicyclic) bond motifs is 2. The van der Waals surface area contributed by atoms with Crippen molar-refractivity contribution in [1.82, 2.24) is 44.6 Å². The Balaban J connectivity index is 1.40. The first-order valence-corrected chi connectivity index (χ1v) is 10.5. The maximum atomic E-state index is 13.5. The molecule has 5 aromatic heterocycles. The van der Waals surface area contributed by atoms with Crippen LogP contribution in [0.15, 0.2) is 53.7 Å². The lowest BCUT2D eigenvalue weighted by molar-refractivity contribution is -0.274. The Morgan fingerprint density at radius 2 is 2.11 bits per heavy atom. The van der Waals surface area contributed by atoms with Crippen LogP contribution < -0.4 is 4.74 Å². The van der Waals surface area contributed by atoms with Gasteiger partial charge in [-0.25, -0.2) is 14.5 Å². The van der Waals surface area contributed by atoms with Gasteiger partial charge >= 0.3 is 18.2 Å². The normalized spacial score (nSPS) is 15.8. The molecule has 1 aliphatic rings. The van der Waals surface area contributed by atoms with Crippen LogP contribution in [-0.2, 0) is 6.42 Å². The second-order valence-electron chi connectivity index (χ2n) is 7.74. The highest BCUT2D eigenvalue weighted by atomic mass is 19.4. The molecular weight excluding hydrogens is 483 g/mol. The third-order valence-electron chi connectivity index (χ3n) is 5.56. The van der Waals surface area contributed by atoms with Gasteiger partial charge in [0.05, 0.1) is 23.9 Å². The summed E-state index contributed by atoms with van der Waals surface area (Å²) >= 11 is 0. The van der Waals surface area contributed by atoms with E-state index < -0.39 is 24.1 Å². The lowest BCUT2D eigenvalue weighted by Gasteiger charge is -2.32. The van der Waals surface area contributed by atoms with Crippen LogP contribution in [-0.4, -0.2) is 63.5 Å². The molecule has 12 nitrogen and oxygen atoms in total. The molecule has 1 atom stereocenters. The van der Waals surface area contributed by atoms with Gasteiger partial charge in [-0.15, -0.1) is 23.4 Å². The van der Waals surface area contributed by atoms with E-state index in [0.717, 1.165) is 5.69 Å². The van der Waals surface area contributed by atoms with E-state index in [9.17, 15) is 18.0 Å². The Labute approximate surface area is 198 Å². The van der Waals surface area contributed by atoms with Gasteiger partial charge in [-0.05, 0) is 18.2 Å². The molecule has 15 heteroatoms. The standard InChI is InChI=1S/C21H14F3N9O3/c22-21(23,24)36-15-2-1-6-33-14(15)8-12(31-33)17-16-11(27-10-28-16)3-7-32(17)20(34)19-30-29-18(35-19)13-9-25-4-5-26-13/h1-2,4-6,8-10,17H,3,7H2,(H,27,28)/t17-/m0/s1. The zero-order valence-electron chi connectivity index (χ0n) is 18.0. The SMILES string of the molecule is O=C(c1nnc(-c2cnccn2)o1)N1CCc2[nH]cnc2[C@@H]1c1cc2c(OC(F)(F)F)cccn2n1. The number of nitrogens with one attached hydrogen (secondary N) is 1. The Bertz CT molecular complexity index is 1560. The van der Waals surface area contributed by atoms with Crippen LogP contribution in [0.25, 0.3) is 17.1 Å². The summed E-state index contributed by atoms with van der Waals surface area (Å²) in [6.45, 7) is 0.237. The van der Waals surface area contributed by atoms with Crippen molar-refractivity contribution in [3.63, 3.8) is 0 Å². The average molecular weight is 497 g/mol. The van der Waals surface area contributed by atoms with Crippen LogP contribution >= 0.6 is 0 Å². The Morgan fingerprint density at radius 3 is 2.92 bits per heavy atom. The smallest absolute Gasteiger partial charge is 0.411 e. The summed E-state index contributed by atoms with van der Waals surface area (Å²) in [7, 11) is 0. The second-order valence-corrected chi connectivity index (χ2v) is 7.74. The molecule has 0 fully saturated rings. The monoisotopic (exact) mass is 497 g/mol. The van der Waals surface area contributed by atoms with Gasteiger partial charge in [-0.2, -0.15) is 5.10 Å². The minimum Gasteiger partial charge on any atom is -0.411 e. The largest absolute Gasteiger partial charge is 0.573 e. The van der Waals surface area contributed by atoms with Gasteiger partial charge < -0.3 is 19.0 Å². The number of carbonyl (C=O) groups excluding carboxylic acids is 1. The maximum Gasteiger partial charge on any atom is 0.573 e. The van der Waals surface area contributed by atoms with Crippen LogP contribution in [0.1, 0.15) is 33.8 Å². The minimum absolute atomic E-state index is 0.0159. The summed E-state index contributed by atoms with van der Waals surface area (Å²) in [5, 5.41) is 12.2. The Hall–Kier alpha value is -4.82. The van der Waals surface area contributed by atoms with Crippen LogP contribution in [0, 0.1) is 0 Å². The van der Waals surface area contributed by atoms with Gasteiger partial charge in [-0.3, -0.25) is 9.78 Å². The number of aromatic nitrogens is 8. The maximum absolute atomic E-state index is 13.5. The minimum atomic E-state index is -4.88. The molecule has 0 aliphatic carbocycles. The van der Waals surface area contributed by atoms with E-state index in [1.54, 1.807) is 0 Å². The summed E-state index contributed by atoms with van der Waals surface area (Å²) in [5.74, 6) is -1.29. The third-order valence-corrected chi connectivity index (χ3v) is 5.56. The quantitative estimate of drug-likeness (QED) is 0.397. The third kappa shape index (κ3) is 3.79. The molecule has 36 heavy (non-hydrogen) atoms. The van der Waals surface area contributed by atoms with E-state index in [-0.39, 0.29) is 29.5 Å². The number of halogens is 3. The Morgan fingerprint density at radius 1 is 1.22 bits per heavy atom. The lowest BCUT2D eigenvalue weighted by atomic mass is 9.99. The first-order chi connectivity index (χ1) is 17.4. The predicted octanol–water partition coefficient (Wildman–Crippen LogP) is 2.58. The van der Waals surface area contributed by atoms with Crippen LogP contribution in [0.2, 0.25) is 0 Å². The van der Waals surface area contributed by atoms with E-state index >= 15 is 0 Å². The topological polar surface area (TPSA) is 140 Å². The molecule has 0 unspecified atom stereocenters. The van der Waals surface area contributed by atoms with Gasteiger partial charge in [0.2, 0.25) is 0 Å². The molecule has 5 aromatic rings. The van der Waals surface area contributed by atoms with Crippen molar-refractivity contribution >= 4 is 11.4 Å². The number of hydrogen-bond acceptors (Lipinski definition) is 9. The lowest BCUT2D eigenvalue weighted by Crippen LogP contribution is -2.41. The molecule has 0 bridgehead atoms. The molecule has 0 saturated heterocycles. The number of rotatable bonds is 4. The predicted molar refractivity (Wildman–Crippen MR) is 112 cm³/mol. The molecule has 1 N–H and O–H groups in total. The molecule has 0 saturated carbocycles. The summed E-state index contributed by atoms with van der Waals surface area (Å²) in [6, 6.07) is 3.15. The zero-order chi connectivity index (χ0) is 24.9. The number of carbonyl (C=O) groups is 1. The number of nitrogens with zero attached hydrogens (tertiary/aromatic N) is 8. The summed E-state index contributed by atoms with van der Waals surface area (Å²) in [6.07, 6.45) is 2.88. The van der Waals surface area contributed by atoms with E-state index in [4.69, 9.17) is 4.42 Å². The highest BCUT2D eigenvalue weighted by Crippen LogP contribution is 2.36. The van der Waals surface area contributed by atoms with Gasteiger partial charge in [-0.1, -0.05) is 0 Å². The Kier molecular flexibility index (Phi) is 4.91. The summed E-state index contributed by atoms with van der Waals surface area (Å²) in [5.41, 5.74) is 1.93. The fourth-order valence-corrected chi connectivity index (χ4v) is 4.09. The number of imidazole rings is 1. The number of alkyl halides is 3. The second kappa shape index (κ2) is 8.14. The molecule has 1 aliphatic heterocycles. The van der Waals surface area contributed by atoms with E-state index in [1.165, 1.54) is 58.7 Å². The molecule has 182 valence electrons. The van der Waals surface area contributed by atoms with Crippen molar-refractivity contribution in [2.24, 2.45) is 0 Å². The van der Waals surface area contributed by atoms with Gasteiger partial charge in [0.1, 0.15) is 17.3 Å². The van der Waals surface area contributed by atoms with Crippen molar-refractivity contribution in [3.05, 3.63) is 72.3 Å². The van der Waals surface area contributed by atoms with Crippen LogP contribution in [0.3, 0.4) is 0 Å². The first-order valence-electron chi connectivity index (χ1n) is 10.5. The summed E-state index contributed by atoms with van der Waals surface area (Å²) < 4.78 is 49.7. The van der Waals surface area contributed by atoms with Gasteiger partial charge in [0.15, 0.2) is 5.75 Å². The fourth-order valence-electron chi connectivity index (χ4n) is 4.09. The molecular formula is C21H14F3N9O3. The van der Waals surface area contributed by atoms with E-state index in [0.29, 0.717) is 17.8 Å². The van der Waals surface area contributed by atoms with Crippen molar-refractivity contribution < 1.29 is 27.1 Å². The van der Waals surface area contributed by atoms with E-state index in [1.807, 2.05) is 0 Å². The molecule has 6 rings (SSSR count). The first kappa shape index (κ1) is 21.7. The van der Waals surface area contributed by atoms with Crippen molar-refractivity contribution in [3.8, 4) is 17.3 Å².